The van der Waals surface area contributed by atoms with Crippen LogP contribution in [0.15, 0.2) is 53.6 Å². The molecule has 0 aromatic heterocycles. The molecule has 4 atom stereocenters. The van der Waals surface area contributed by atoms with Crippen LogP contribution < -0.4 is 0 Å². The SMILES string of the molecule is C[Si](C)(C1C2C=CC=CC2C2C=CC=CC21)N1CCCN2CCCN=C21.[CH3-].[Cl][Cr][Cl]. The van der Waals surface area contributed by atoms with Gasteiger partial charge in [0, 0.05) is 26.2 Å². The van der Waals surface area contributed by atoms with Crippen LogP contribution in [0.25, 0.3) is 0 Å². The van der Waals surface area contributed by atoms with Crippen molar-refractivity contribution in [2.24, 2.45) is 28.7 Å². The summed E-state index contributed by atoms with van der Waals surface area (Å²) in [5.41, 5.74) is 0.754. The topological polar surface area (TPSA) is 18.8 Å². The van der Waals surface area contributed by atoms with Gasteiger partial charge in [-0.05, 0) is 42.1 Å². The number of halogens is 2. The molecule has 3 aliphatic carbocycles. The van der Waals surface area contributed by atoms with Gasteiger partial charge in [0.05, 0.1) is 0 Å². The second-order valence-corrected chi connectivity index (χ2v) is 15.7. The van der Waals surface area contributed by atoms with Crippen LogP contribution in [0.5, 0.6) is 0 Å². The van der Waals surface area contributed by atoms with Crippen molar-refractivity contribution in [3.8, 4) is 0 Å². The Hall–Kier alpha value is -0.441. The predicted molar refractivity (Wildman–Crippen MR) is 130 cm³/mol. The Balaban J connectivity index is 0.000000606. The average Bonchev–Trinajstić information content (AvgIpc) is 3.09. The molecule has 0 N–H and O–H groups in total. The van der Waals surface area contributed by atoms with Gasteiger partial charge in [0.25, 0.3) is 0 Å². The van der Waals surface area contributed by atoms with Crippen LogP contribution in [-0.2, 0) is 13.4 Å². The summed E-state index contributed by atoms with van der Waals surface area (Å²) >= 11 is -0.181. The molecule has 2 heterocycles. The van der Waals surface area contributed by atoms with Crippen LogP contribution in [-0.4, -0.2) is 49.8 Å². The van der Waals surface area contributed by atoms with Gasteiger partial charge in [-0.2, -0.15) is 0 Å². The van der Waals surface area contributed by atoms with Crippen molar-refractivity contribution in [1.82, 2.24) is 9.47 Å². The zero-order valence-corrected chi connectivity index (χ0v) is 22.0. The van der Waals surface area contributed by atoms with Gasteiger partial charge in [0.15, 0.2) is 14.2 Å². The summed E-state index contributed by atoms with van der Waals surface area (Å²) in [4.78, 5) is 7.59. The summed E-state index contributed by atoms with van der Waals surface area (Å²) in [5, 5.41) is 0. The van der Waals surface area contributed by atoms with Gasteiger partial charge in [0.1, 0.15) is 0 Å². The van der Waals surface area contributed by atoms with Crippen molar-refractivity contribution in [2.75, 3.05) is 26.2 Å². The fraction of sp³-hybridized carbons (Fsp3) is 0.565. The van der Waals surface area contributed by atoms with Gasteiger partial charge >= 0.3 is 33.5 Å². The Labute approximate surface area is 198 Å². The fourth-order valence-electron chi connectivity index (χ4n) is 6.32. The van der Waals surface area contributed by atoms with Crippen LogP contribution in [0.1, 0.15) is 12.8 Å². The second kappa shape index (κ2) is 10.5. The number of fused-ring (bicyclic) bond motifs is 4. The first-order valence-corrected chi connectivity index (χ1v) is 17.3. The number of aliphatic imine (C=N–C) groups is 1. The summed E-state index contributed by atoms with van der Waals surface area (Å²) in [6.07, 6.45) is 21.7. The first kappa shape index (κ1) is 24.2. The van der Waals surface area contributed by atoms with E-state index < -0.39 is 8.24 Å². The first-order chi connectivity index (χ1) is 14.1. The molecule has 2 aliphatic heterocycles. The van der Waals surface area contributed by atoms with Crippen molar-refractivity contribution < 1.29 is 13.4 Å². The number of rotatable bonds is 2. The van der Waals surface area contributed by atoms with E-state index in [-0.39, 0.29) is 20.8 Å². The molecule has 0 aromatic carbocycles. The van der Waals surface area contributed by atoms with Gasteiger partial charge in [-0.1, -0.05) is 61.7 Å². The normalized spacial score (nSPS) is 33.6. The Morgan fingerprint density at radius 3 is 1.93 bits per heavy atom. The molecule has 30 heavy (non-hydrogen) atoms. The van der Waals surface area contributed by atoms with E-state index in [9.17, 15) is 0 Å². The quantitative estimate of drug-likeness (QED) is 0.346. The first-order valence-electron chi connectivity index (χ1n) is 10.8. The molecule has 166 valence electrons. The van der Waals surface area contributed by atoms with E-state index in [0.29, 0.717) is 23.7 Å². The van der Waals surface area contributed by atoms with Crippen LogP contribution in [0.3, 0.4) is 0 Å². The maximum absolute atomic E-state index is 5.02. The minimum absolute atomic E-state index is 0. The Morgan fingerprint density at radius 1 is 0.867 bits per heavy atom. The van der Waals surface area contributed by atoms with E-state index >= 15 is 0 Å². The molecule has 0 aromatic rings. The molecule has 0 amide bonds. The molecule has 5 rings (SSSR count). The number of nitrogens with zero attached hydrogens (tertiary/aromatic N) is 3. The van der Waals surface area contributed by atoms with Crippen molar-refractivity contribution in [2.45, 2.75) is 31.5 Å². The molecule has 1 saturated carbocycles. The maximum atomic E-state index is 5.02. The van der Waals surface area contributed by atoms with Crippen LogP contribution >= 0.6 is 20.1 Å². The van der Waals surface area contributed by atoms with E-state index in [1.165, 1.54) is 38.4 Å². The number of hydrogen-bond donors (Lipinski definition) is 0. The standard InChI is InChI=1S/C22H31N3Si.CH3.2ClH.Cr/c1-26(2,25-16-8-15-24-14-7-13-23-22(24)25)21-19-11-5-3-9-17(19)18-10-4-6-12-20(18)21;;;;/h3-6,9-12,17-21H,7-8,13-16H2,1-2H3;1H3;2*1H;/q;-1;;;+2/p-2. The number of guanidine groups is 1. The van der Waals surface area contributed by atoms with E-state index in [4.69, 9.17) is 25.1 Å². The Morgan fingerprint density at radius 2 is 1.37 bits per heavy atom. The summed E-state index contributed by atoms with van der Waals surface area (Å²) in [6.45, 7) is 9.87. The number of allylic oxidation sites excluding steroid dienone is 8. The van der Waals surface area contributed by atoms with Crippen LogP contribution in [0.2, 0.25) is 18.6 Å². The molecule has 0 bridgehead atoms. The third-order valence-electron chi connectivity index (χ3n) is 7.40. The molecule has 2 fully saturated rings. The number of hydrogen-bond acceptors (Lipinski definition) is 3. The summed E-state index contributed by atoms with van der Waals surface area (Å²) in [7, 11) is 7.95. The van der Waals surface area contributed by atoms with Gasteiger partial charge in [-0.25, -0.2) is 0 Å². The average molecular weight is 504 g/mol. The molecule has 7 heteroatoms. The van der Waals surface area contributed by atoms with Gasteiger partial charge < -0.3 is 16.9 Å². The van der Waals surface area contributed by atoms with Gasteiger partial charge in [0.2, 0.25) is 0 Å². The molecular formula is C23H34Cl2CrN3Si-. The van der Waals surface area contributed by atoms with Crippen molar-refractivity contribution in [1.29, 1.82) is 0 Å². The van der Waals surface area contributed by atoms with Crippen molar-refractivity contribution in [3.05, 3.63) is 56.0 Å². The summed E-state index contributed by atoms with van der Waals surface area (Å²) < 4.78 is 2.80. The monoisotopic (exact) mass is 502 g/mol. The van der Waals surface area contributed by atoms with Crippen molar-refractivity contribution in [3.63, 3.8) is 0 Å². The molecule has 0 radical (unpaired) electrons. The molecule has 3 nitrogen and oxygen atoms in total. The van der Waals surface area contributed by atoms with Crippen molar-refractivity contribution >= 4 is 34.3 Å². The van der Waals surface area contributed by atoms with E-state index in [1.807, 2.05) is 0 Å². The van der Waals surface area contributed by atoms with Gasteiger partial charge in [-0.15, -0.1) is 0 Å². The van der Waals surface area contributed by atoms with E-state index in [0.717, 1.165) is 12.1 Å². The van der Waals surface area contributed by atoms with Crippen LogP contribution in [0.4, 0.5) is 0 Å². The molecule has 5 aliphatic rings. The third kappa shape index (κ3) is 4.39. The fourth-order valence-corrected chi connectivity index (χ4v) is 10.7. The van der Waals surface area contributed by atoms with Gasteiger partial charge in [-0.3, -0.25) is 4.99 Å². The molecule has 1 saturated heterocycles. The van der Waals surface area contributed by atoms with E-state index in [1.54, 1.807) is 0 Å². The summed E-state index contributed by atoms with van der Waals surface area (Å²) in [5.74, 6) is 4.06. The molecule has 0 spiro atoms. The third-order valence-corrected chi connectivity index (χ3v) is 11.6. The zero-order chi connectivity index (χ0) is 20.4. The minimum atomic E-state index is -1.70. The van der Waals surface area contributed by atoms with Crippen LogP contribution in [0, 0.1) is 31.1 Å². The predicted octanol–water partition coefficient (Wildman–Crippen LogP) is 5.89. The second-order valence-electron chi connectivity index (χ2n) is 9.11. The Kier molecular flexibility index (Phi) is 8.43. The zero-order valence-electron chi connectivity index (χ0n) is 18.3. The summed E-state index contributed by atoms with van der Waals surface area (Å²) in [6, 6.07) is 0. The Bertz CT molecular complexity index is 715. The molecular weight excluding hydrogens is 469 g/mol. The van der Waals surface area contributed by atoms with E-state index in [2.05, 4.69) is 71.2 Å². The molecule has 4 unspecified atom stereocenters.